The number of rotatable bonds is 6. The number of guanidine groups is 1. The van der Waals surface area contributed by atoms with Crippen LogP contribution >= 0.6 is 11.3 Å². The normalized spacial score (nSPS) is 12.6. The van der Waals surface area contributed by atoms with E-state index in [1.165, 1.54) is 0 Å². The van der Waals surface area contributed by atoms with Crippen molar-refractivity contribution < 1.29 is 4.74 Å². The average molecular weight is 298 g/mol. The first-order valence-corrected chi connectivity index (χ1v) is 7.81. The molecule has 0 saturated carbocycles. The Balaban J connectivity index is 2.59. The third-order valence-corrected chi connectivity index (χ3v) is 3.47. The Morgan fingerprint density at radius 2 is 2.15 bits per heavy atom. The largest absolute Gasteiger partial charge is 0.383 e. The van der Waals surface area contributed by atoms with E-state index in [1.807, 2.05) is 0 Å². The Bertz CT molecular complexity index is 423. The first-order chi connectivity index (χ1) is 9.47. The lowest BCUT2D eigenvalue weighted by molar-refractivity contribution is 0.203. The maximum Gasteiger partial charge on any atom is 0.191 e. The van der Waals surface area contributed by atoms with Gasteiger partial charge in [0.15, 0.2) is 5.96 Å². The van der Waals surface area contributed by atoms with Gasteiger partial charge in [-0.15, -0.1) is 11.3 Å². The van der Waals surface area contributed by atoms with Crippen molar-refractivity contribution in [2.75, 3.05) is 26.8 Å². The van der Waals surface area contributed by atoms with Crippen molar-refractivity contribution in [1.82, 2.24) is 15.6 Å². The lowest BCUT2D eigenvalue weighted by Crippen LogP contribution is -2.38. The van der Waals surface area contributed by atoms with Crippen LogP contribution in [0, 0.1) is 0 Å². The van der Waals surface area contributed by atoms with Gasteiger partial charge in [-0.2, -0.15) is 0 Å². The molecule has 6 heteroatoms. The van der Waals surface area contributed by atoms with Crippen molar-refractivity contribution in [3.05, 3.63) is 16.1 Å². The maximum absolute atomic E-state index is 5.02. The van der Waals surface area contributed by atoms with E-state index in [1.54, 1.807) is 18.4 Å². The molecule has 0 fully saturated rings. The van der Waals surface area contributed by atoms with E-state index in [9.17, 15) is 0 Å². The second-order valence-electron chi connectivity index (χ2n) is 5.49. The van der Waals surface area contributed by atoms with Gasteiger partial charge in [-0.05, 0) is 6.92 Å². The molecule has 1 rings (SSSR count). The molecule has 0 aliphatic heterocycles. The number of hydrogen-bond donors (Lipinski definition) is 2. The van der Waals surface area contributed by atoms with Crippen LogP contribution in [0.1, 0.15) is 38.4 Å². The van der Waals surface area contributed by atoms with Gasteiger partial charge < -0.3 is 15.4 Å². The minimum atomic E-state index is 0.0969. The summed E-state index contributed by atoms with van der Waals surface area (Å²) >= 11 is 1.67. The fraction of sp³-hybridized carbons (Fsp3) is 0.714. The van der Waals surface area contributed by atoms with Crippen molar-refractivity contribution in [2.45, 2.75) is 39.7 Å². The van der Waals surface area contributed by atoms with Crippen molar-refractivity contribution >= 4 is 17.3 Å². The zero-order valence-electron chi connectivity index (χ0n) is 13.1. The second-order valence-corrected chi connectivity index (χ2v) is 6.43. The average Bonchev–Trinajstić information content (AvgIpc) is 2.85. The highest BCUT2D eigenvalue weighted by molar-refractivity contribution is 7.09. The highest BCUT2D eigenvalue weighted by Gasteiger charge is 2.17. The SMILES string of the molecule is CCNC(=NCc1nc(C(C)(C)C)cs1)NCCOC. The van der Waals surface area contributed by atoms with Crippen molar-refractivity contribution in [1.29, 1.82) is 0 Å². The van der Waals surface area contributed by atoms with Gasteiger partial charge in [-0.1, -0.05) is 20.8 Å². The molecule has 0 aliphatic rings. The topological polar surface area (TPSA) is 58.5 Å². The Labute approximate surface area is 125 Å². The van der Waals surface area contributed by atoms with Crippen LogP contribution in [0.25, 0.3) is 0 Å². The van der Waals surface area contributed by atoms with E-state index in [-0.39, 0.29) is 5.41 Å². The van der Waals surface area contributed by atoms with E-state index >= 15 is 0 Å². The van der Waals surface area contributed by atoms with Crippen LogP contribution in [-0.2, 0) is 16.7 Å². The number of nitrogens with zero attached hydrogens (tertiary/aromatic N) is 2. The van der Waals surface area contributed by atoms with Crippen LogP contribution in [0.5, 0.6) is 0 Å². The first kappa shape index (κ1) is 16.9. The summed E-state index contributed by atoms with van der Waals surface area (Å²) in [4.78, 5) is 9.18. The maximum atomic E-state index is 5.02. The van der Waals surface area contributed by atoms with Gasteiger partial charge in [0.1, 0.15) is 5.01 Å². The van der Waals surface area contributed by atoms with Crippen LogP contribution in [-0.4, -0.2) is 37.7 Å². The van der Waals surface area contributed by atoms with E-state index < -0.39 is 0 Å². The van der Waals surface area contributed by atoms with Crippen LogP contribution < -0.4 is 10.6 Å². The molecule has 0 atom stereocenters. The predicted molar refractivity (Wildman–Crippen MR) is 85.5 cm³/mol. The molecule has 0 aliphatic carbocycles. The van der Waals surface area contributed by atoms with Gasteiger partial charge >= 0.3 is 0 Å². The summed E-state index contributed by atoms with van der Waals surface area (Å²) in [7, 11) is 1.69. The number of methoxy groups -OCH3 is 1. The zero-order chi connectivity index (χ0) is 15.0. The molecule has 20 heavy (non-hydrogen) atoms. The quantitative estimate of drug-likeness (QED) is 0.480. The van der Waals surface area contributed by atoms with E-state index in [0.29, 0.717) is 13.2 Å². The summed E-state index contributed by atoms with van der Waals surface area (Å²) in [6.45, 7) is 11.4. The number of aromatic nitrogens is 1. The van der Waals surface area contributed by atoms with Gasteiger partial charge in [0, 0.05) is 31.0 Å². The molecule has 0 amide bonds. The van der Waals surface area contributed by atoms with Crippen molar-refractivity contribution in [2.24, 2.45) is 4.99 Å². The van der Waals surface area contributed by atoms with Crippen LogP contribution in [0.2, 0.25) is 0 Å². The Morgan fingerprint density at radius 1 is 1.40 bits per heavy atom. The fourth-order valence-corrected chi connectivity index (χ4v) is 2.43. The van der Waals surface area contributed by atoms with Crippen LogP contribution in [0.15, 0.2) is 10.4 Å². The van der Waals surface area contributed by atoms with E-state index in [0.717, 1.165) is 29.8 Å². The molecule has 0 saturated heterocycles. The Hall–Kier alpha value is -1.14. The molecule has 1 aromatic heterocycles. The van der Waals surface area contributed by atoms with Crippen LogP contribution in [0.4, 0.5) is 0 Å². The van der Waals surface area contributed by atoms with Gasteiger partial charge in [0.25, 0.3) is 0 Å². The van der Waals surface area contributed by atoms with Crippen molar-refractivity contribution in [3.63, 3.8) is 0 Å². The smallest absolute Gasteiger partial charge is 0.191 e. The summed E-state index contributed by atoms with van der Waals surface area (Å²) in [5, 5.41) is 9.59. The molecular weight excluding hydrogens is 272 g/mol. The van der Waals surface area contributed by atoms with Gasteiger partial charge in [0.05, 0.1) is 18.8 Å². The number of thiazole rings is 1. The third kappa shape index (κ3) is 5.88. The number of ether oxygens (including phenoxy) is 1. The van der Waals surface area contributed by atoms with Gasteiger partial charge in [-0.25, -0.2) is 9.98 Å². The summed E-state index contributed by atoms with van der Waals surface area (Å²) in [6, 6.07) is 0. The molecule has 1 heterocycles. The number of aliphatic imine (C=N–C) groups is 1. The fourth-order valence-electron chi connectivity index (χ4n) is 1.49. The van der Waals surface area contributed by atoms with E-state index in [4.69, 9.17) is 4.74 Å². The molecule has 0 radical (unpaired) electrons. The third-order valence-electron chi connectivity index (χ3n) is 2.64. The van der Waals surface area contributed by atoms with Crippen LogP contribution in [0.3, 0.4) is 0 Å². The predicted octanol–water partition coefficient (Wildman–Crippen LogP) is 2.14. The summed E-state index contributed by atoms with van der Waals surface area (Å²) < 4.78 is 5.02. The summed E-state index contributed by atoms with van der Waals surface area (Å²) in [6.07, 6.45) is 0. The molecule has 0 aromatic carbocycles. The summed E-state index contributed by atoms with van der Waals surface area (Å²) in [5.74, 6) is 0.803. The standard InChI is InChI=1S/C14H26N4OS/c1-6-15-13(16-7-8-19-5)17-9-12-18-11(10-20-12)14(2,3)4/h10H,6-9H2,1-5H3,(H2,15,16,17). The molecule has 2 N–H and O–H groups in total. The minimum Gasteiger partial charge on any atom is -0.383 e. The molecule has 114 valence electrons. The molecule has 0 spiro atoms. The Kier molecular flexibility index (Phi) is 6.95. The zero-order valence-corrected chi connectivity index (χ0v) is 13.9. The summed E-state index contributed by atoms with van der Waals surface area (Å²) in [5.41, 5.74) is 1.23. The molecule has 5 nitrogen and oxygen atoms in total. The lowest BCUT2D eigenvalue weighted by atomic mass is 9.93. The van der Waals surface area contributed by atoms with Gasteiger partial charge in [-0.3, -0.25) is 0 Å². The van der Waals surface area contributed by atoms with E-state index in [2.05, 4.69) is 53.7 Å². The monoisotopic (exact) mass is 298 g/mol. The Morgan fingerprint density at radius 3 is 2.70 bits per heavy atom. The van der Waals surface area contributed by atoms with Crippen molar-refractivity contribution in [3.8, 4) is 0 Å². The molecular formula is C14H26N4OS. The van der Waals surface area contributed by atoms with Gasteiger partial charge in [0.2, 0.25) is 0 Å². The highest BCUT2D eigenvalue weighted by atomic mass is 32.1. The second kappa shape index (κ2) is 8.21. The lowest BCUT2D eigenvalue weighted by Gasteiger charge is -2.14. The molecule has 0 unspecified atom stereocenters. The number of nitrogens with one attached hydrogen (secondary N) is 2. The molecule has 0 bridgehead atoms. The highest BCUT2D eigenvalue weighted by Crippen LogP contribution is 2.24. The minimum absolute atomic E-state index is 0.0969. The number of hydrogen-bond acceptors (Lipinski definition) is 4. The molecule has 1 aromatic rings. The first-order valence-electron chi connectivity index (χ1n) is 6.93.